The molecular formula is C8H15NS. The Morgan fingerprint density at radius 2 is 2.20 bits per heavy atom. The number of hydrogen-bond acceptors (Lipinski definition) is 2. The summed E-state index contributed by atoms with van der Waals surface area (Å²) in [6.07, 6.45) is 6.67. The molecule has 2 heteroatoms. The first-order chi connectivity index (χ1) is 4.79. The zero-order chi connectivity index (χ0) is 7.03. The molecule has 1 aliphatic heterocycles. The minimum Gasteiger partial charge on any atom is -0.325 e. The standard InChI is InChI=1S/C8H15NS/c9-8(4-5-8)3-1-7-2-6-10-7/h7H,1-6,9H2. The van der Waals surface area contributed by atoms with Gasteiger partial charge in [0.05, 0.1) is 0 Å². The molecule has 1 nitrogen and oxygen atoms in total. The Morgan fingerprint density at radius 3 is 2.60 bits per heavy atom. The predicted octanol–water partition coefficient (Wildman–Crippen LogP) is 1.76. The molecule has 0 aromatic heterocycles. The maximum Gasteiger partial charge on any atom is 0.0156 e. The van der Waals surface area contributed by atoms with Crippen LogP contribution in [-0.2, 0) is 0 Å². The molecule has 1 heterocycles. The normalized spacial score (nSPS) is 35.1. The van der Waals surface area contributed by atoms with Crippen molar-refractivity contribution in [2.45, 2.75) is 42.9 Å². The first-order valence-electron chi connectivity index (χ1n) is 4.19. The summed E-state index contributed by atoms with van der Waals surface area (Å²) in [6, 6.07) is 0. The molecule has 0 bridgehead atoms. The van der Waals surface area contributed by atoms with Crippen molar-refractivity contribution in [1.82, 2.24) is 0 Å². The van der Waals surface area contributed by atoms with E-state index in [1.807, 2.05) is 0 Å². The Kier molecular flexibility index (Phi) is 1.69. The molecule has 1 saturated heterocycles. The van der Waals surface area contributed by atoms with Crippen LogP contribution in [0.15, 0.2) is 0 Å². The molecule has 58 valence electrons. The summed E-state index contributed by atoms with van der Waals surface area (Å²) >= 11 is 2.12. The summed E-state index contributed by atoms with van der Waals surface area (Å²) in [5, 5.41) is 0.973. The van der Waals surface area contributed by atoms with Crippen molar-refractivity contribution in [2.24, 2.45) is 5.73 Å². The lowest BCUT2D eigenvalue weighted by atomic mass is 10.1. The quantitative estimate of drug-likeness (QED) is 0.675. The molecule has 0 radical (unpaired) electrons. The Bertz CT molecular complexity index is 127. The fourth-order valence-corrected chi connectivity index (χ4v) is 2.22. The summed E-state index contributed by atoms with van der Waals surface area (Å²) in [6.45, 7) is 0. The van der Waals surface area contributed by atoms with Gasteiger partial charge in [-0.2, -0.15) is 11.8 Å². The molecule has 0 aromatic carbocycles. The van der Waals surface area contributed by atoms with Gasteiger partial charge in [0, 0.05) is 10.8 Å². The van der Waals surface area contributed by atoms with Crippen LogP contribution in [0.5, 0.6) is 0 Å². The Labute approximate surface area is 66.7 Å². The van der Waals surface area contributed by atoms with E-state index in [2.05, 4.69) is 11.8 Å². The Hall–Kier alpha value is 0.310. The molecule has 2 fully saturated rings. The summed E-state index contributed by atoms with van der Waals surface area (Å²) in [5.74, 6) is 1.39. The van der Waals surface area contributed by atoms with E-state index in [0.29, 0.717) is 5.54 Å². The SMILES string of the molecule is NC1(CCC2CCS2)CC1. The fourth-order valence-electron chi connectivity index (χ4n) is 1.37. The molecule has 2 N–H and O–H groups in total. The Morgan fingerprint density at radius 1 is 1.50 bits per heavy atom. The van der Waals surface area contributed by atoms with Crippen molar-refractivity contribution >= 4 is 11.8 Å². The summed E-state index contributed by atoms with van der Waals surface area (Å²) in [4.78, 5) is 0. The van der Waals surface area contributed by atoms with Gasteiger partial charge in [-0.05, 0) is 37.9 Å². The third-order valence-electron chi connectivity index (χ3n) is 2.65. The molecule has 1 atom stereocenters. The van der Waals surface area contributed by atoms with Crippen LogP contribution in [0.25, 0.3) is 0 Å². The number of rotatable bonds is 3. The summed E-state index contributed by atoms with van der Waals surface area (Å²) < 4.78 is 0. The molecule has 1 unspecified atom stereocenters. The van der Waals surface area contributed by atoms with E-state index in [1.165, 1.54) is 37.9 Å². The second-order valence-corrected chi connectivity index (χ2v) is 5.09. The highest BCUT2D eigenvalue weighted by Gasteiger charge is 2.38. The predicted molar refractivity (Wildman–Crippen MR) is 46.2 cm³/mol. The van der Waals surface area contributed by atoms with E-state index in [9.17, 15) is 0 Å². The van der Waals surface area contributed by atoms with Gasteiger partial charge in [-0.3, -0.25) is 0 Å². The van der Waals surface area contributed by atoms with Crippen LogP contribution >= 0.6 is 11.8 Å². The van der Waals surface area contributed by atoms with Crippen LogP contribution in [-0.4, -0.2) is 16.5 Å². The molecule has 0 amide bonds. The third kappa shape index (κ3) is 1.48. The number of hydrogen-bond donors (Lipinski definition) is 1. The monoisotopic (exact) mass is 157 g/mol. The van der Waals surface area contributed by atoms with E-state index >= 15 is 0 Å². The minimum atomic E-state index is 0.302. The number of nitrogens with two attached hydrogens (primary N) is 1. The van der Waals surface area contributed by atoms with Crippen LogP contribution in [0.4, 0.5) is 0 Å². The first-order valence-corrected chi connectivity index (χ1v) is 5.24. The largest absolute Gasteiger partial charge is 0.325 e. The zero-order valence-electron chi connectivity index (χ0n) is 6.31. The van der Waals surface area contributed by atoms with Gasteiger partial charge < -0.3 is 5.73 Å². The maximum atomic E-state index is 5.96. The number of thioether (sulfide) groups is 1. The van der Waals surface area contributed by atoms with E-state index in [0.717, 1.165) is 5.25 Å². The fraction of sp³-hybridized carbons (Fsp3) is 1.00. The van der Waals surface area contributed by atoms with Gasteiger partial charge >= 0.3 is 0 Å². The lowest BCUT2D eigenvalue weighted by Crippen LogP contribution is -2.25. The molecule has 2 rings (SSSR count). The minimum absolute atomic E-state index is 0.302. The molecule has 2 aliphatic rings. The highest BCUT2D eigenvalue weighted by molar-refractivity contribution is 8.01. The molecule has 10 heavy (non-hydrogen) atoms. The van der Waals surface area contributed by atoms with Crippen molar-refractivity contribution in [3.63, 3.8) is 0 Å². The summed E-state index contributed by atoms with van der Waals surface area (Å²) in [5.41, 5.74) is 6.27. The lowest BCUT2D eigenvalue weighted by Gasteiger charge is -2.25. The van der Waals surface area contributed by atoms with Crippen LogP contribution in [0.2, 0.25) is 0 Å². The van der Waals surface area contributed by atoms with Crippen molar-refractivity contribution in [3.8, 4) is 0 Å². The Balaban J connectivity index is 1.63. The topological polar surface area (TPSA) is 26.0 Å². The van der Waals surface area contributed by atoms with Crippen molar-refractivity contribution < 1.29 is 0 Å². The molecule has 0 spiro atoms. The highest BCUT2D eigenvalue weighted by Crippen LogP contribution is 2.40. The van der Waals surface area contributed by atoms with E-state index < -0.39 is 0 Å². The second kappa shape index (κ2) is 2.42. The van der Waals surface area contributed by atoms with Gasteiger partial charge in [-0.25, -0.2) is 0 Å². The van der Waals surface area contributed by atoms with Gasteiger partial charge in [-0.15, -0.1) is 0 Å². The average Bonchev–Trinajstić information content (AvgIpc) is 2.44. The van der Waals surface area contributed by atoms with Crippen molar-refractivity contribution in [3.05, 3.63) is 0 Å². The first kappa shape index (κ1) is 6.99. The third-order valence-corrected chi connectivity index (χ3v) is 4.06. The van der Waals surface area contributed by atoms with Gasteiger partial charge in [0.15, 0.2) is 0 Å². The smallest absolute Gasteiger partial charge is 0.0156 e. The van der Waals surface area contributed by atoms with Crippen LogP contribution in [0, 0.1) is 0 Å². The summed E-state index contributed by atoms with van der Waals surface area (Å²) in [7, 11) is 0. The van der Waals surface area contributed by atoms with Crippen molar-refractivity contribution in [2.75, 3.05) is 5.75 Å². The molecule has 1 aliphatic carbocycles. The molecule has 1 saturated carbocycles. The van der Waals surface area contributed by atoms with E-state index in [4.69, 9.17) is 5.73 Å². The molecular weight excluding hydrogens is 142 g/mol. The van der Waals surface area contributed by atoms with Gasteiger partial charge in [0.1, 0.15) is 0 Å². The van der Waals surface area contributed by atoms with Crippen LogP contribution in [0.3, 0.4) is 0 Å². The average molecular weight is 157 g/mol. The zero-order valence-corrected chi connectivity index (χ0v) is 7.12. The highest BCUT2D eigenvalue weighted by atomic mass is 32.2. The van der Waals surface area contributed by atoms with Crippen LogP contribution < -0.4 is 5.73 Å². The van der Waals surface area contributed by atoms with Gasteiger partial charge in [0.25, 0.3) is 0 Å². The second-order valence-electron chi connectivity index (χ2n) is 3.68. The lowest BCUT2D eigenvalue weighted by molar-refractivity contribution is 0.551. The van der Waals surface area contributed by atoms with E-state index in [-0.39, 0.29) is 0 Å². The van der Waals surface area contributed by atoms with Gasteiger partial charge in [-0.1, -0.05) is 0 Å². The van der Waals surface area contributed by atoms with E-state index in [1.54, 1.807) is 0 Å². The van der Waals surface area contributed by atoms with Crippen LogP contribution in [0.1, 0.15) is 32.1 Å². The van der Waals surface area contributed by atoms with Gasteiger partial charge in [0.2, 0.25) is 0 Å². The maximum absolute atomic E-state index is 5.96. The van der Waals surface area contributed by atoms with Crippen molar-refractivity contribution in [1.29, 1.82) is 0 Å². The molecule has 0 aromatic rings.